The van der Waals surface area contributed by atoms with Gasteiger partial charge in [-0.2, -0.15) is 0 Å². The third-order valence-corrected chi connectivity index (χ3v) is 2.86. The number of hydrogen-bond donors (Lipinski definition) is 1. The lowest BCUT2D eigenvalue weighted by molar-refractivity contribution is 0.340. The highest BCUT2D eigenvalue weighted by atomic mass is 15.1. The third kappa shape index (κ3) is 6.10. The van der Waals surface area contributed by atoms with Crippen LogP contribution in [0.15, 0.2) is 24.4 Å². The van der Waals surface area contributed by atoms with Gasteiger partial charge >= 0.3 is 0 Å². The van der Waals surface area contributed by atoms with Crippen molar-refractivity contribution >= 4 is 0 Å². The summed E-state index contributed by atoms with van der Waals surface area (Å²) < 4.78 is 0. The first-order valence-corrected chi connectivity index (χ1v) is 6.53. The molecule has 0 saturated heterocycles. The van der Waals surface area contributed by atoms with Gasteiger partial charge in [0.05, 0.1) is 11.7 Å². The maximum absolute atomic E-state index is 4.46. The van der Waals surface area contributed by atoms with Crippen molar-refractivity contribution in [2.24, 2.45) is 0 Å². The highest BCUT2D eigenvalue weighted by Crippen LogP contribution is 2.13. The van der Waals surface area contributed by atoms with E-state index in [9.17, 15) is 0 Å². The van der Waals surface area contributed by atoms with Gasteiger partial charge in [-0.05, 0) is 53.3 Å². The first-order chi connectivity index (χ1) is 8.59. The molecule has 1 unspecified atom stereocenters. The van der Waals surface area contributed by atoms with E-state index < -0.39 is 0 Å². The van der Waals surface area contributed by atoms with Gasteiger partial charge in [0.15, 0.2) is 0 Å². The van der Waals surface area contributed by atoms with E-state index in [0.717, 1.165) is 31.7 Å². The monoisotopic (exact) mass is 250 g/mol. The van der Waals surface area contributed by atoms with Crippen molar-refractivity contribution in [1.29, 1.82) is 0 Å². The largest absolute Gasteiger partial charge is 0.309 e. The standard InChI is InChI=1S/C14H26N4/c1-17(2)11-8-14(16-10-12-18(3)4)13-7-5-6-9-15-13/h5-7,9,14,16H,8,10-12H2,1-4H3. The van der Waals surface area contributed by atoms with Crippen LogP contribution in [0, 0.1) is 0 Å². The summed E-state index contributed by atoms with van der Waals surface area (Å²) in [6, 6.07) is 6.46. The molecule has 0 radical (unpaired) electrons. The molecule has 0 amide bonds. The van der Waals surface area contributed by atoms with Crippen LogP contribution in [0.4, 0.5) is 0 Å². The summed E-state index contributed by atoms with van der Waals surface area (Å²) in [4.78, 5) is 8.86. The van der Waals surface area contributed by atoms with Crippen molar-refractivity contribution in [3.05, 3.63) is 30.1 Å². The molecule has 0 aliphatic carbocycles. The summed E-state index contributed by atoms with van der Waals surface area (Å²) in [6.07, 6.45) is 2.95. The topological polar surface area (TPSA) is 31.4 Å². The van der Waals surface area contributed by atoms with E-state index >= 15 is 0 Å². The van der Waals surface area contributed by atoms with Crippen LogP contribution in [-0.4, -0.2) is 62.6 Å². The van der Waals surface area contributed by atoms with E-state index in [1.807, 2.05) is 12.3 Å². The van der Waals surface area contributed by atoms with E-state index in [0.29, 0.717) is 6.04 Å². The highest BCUT2D eigenvalue weighted by molar-refractivity contribution is 5.08. The summed E-state index contributed by atoms with van der Waals surface area (Å²) in [5.41, 5.74) is 1.14. The summed E-state index contributed by atoms with van der Waals surface area (Å²) >= 11 is 0. The molecular formula is C14H26N4. The van der Waals surface area contributed by atoms with Crippen LogP contribution in [0.1, 0.15) is 18.2 Å². The minimum Gasteiger partial charge on any atom is -0.309 e. The first kappa shape index (κ1) is 15.1. The second-order valence-corrected chi connectivity index (χ2v) is 5.16. The zero-order chi connectivity index (χ0) is 13.4. The fourth-order valence-electron chi connectivity index (χ4n) is 1.79. The number of hydrogen-bond acceptors (Lipinski definition) is 4. The lowest BCUT2D eigenvalue weighted by Gasteiger charge is -2.21. The average molecular weight is 250 g/mol. The number of nitrogens with one attached hydrogen (secondary N) is 1. The van der Waals surface area contributed by atoms with Gasteiger partial charge in [0, 0.05) is 19.3 Å². The molecule has 1 rings (SSSR count). The van der Waals surface area contributed by atoms with Crippen LogP contribution < -0.4 is 5.32 Å². The molecule has 102 valence electrons. The smallest absolute Gasteiger partial charge is 0.0573 e. The zero-order valence-electron chi connectivity index (χ0n) is 12.1. The molecule has 0 bridgehead atoms. The molecular weight excluding hydrogens is 224 g/mol. The molecule has 1 atom stereocenters. The predicted octanol–water partition coefficient (Wildman–Crippen LogP) is 1.23. The maximum atomic E-state index is 4.46. The van der Waals surface area contributed by atoms with Crippen molar-refractivity contribution in [3.8, 4) is 0 Å². The summed E-state index contributed by atoms with van der Waals surface area (Å²) in [6.45, 7) is 3.10. The Balaban J connectivity index is 2.52. The second-order valence-electron chi connectivity index (χ2n) is 5.16. The van der Waals surface area contributed by atoms with E-state index in [1.165, 1.54) is 0 Å². The van der Waals surface area contributed by atoms with Crippen LogP contribution in [0.5, 0.6) is 0 Å². The number of pyridine rings is 1. The molecule has 0 spiro atoms. The van der Waals surface area contributed by atoms with E-state index in [2.05, 4.69) is 60.4 Å². The van der Waals surface area contributed by atoms with Crippen molar-refractivity contribution < 1.29 is 0 Å². The second kappa shape index (κ2) is 8.19. The molecule has 18 heavy (non-hydrogen) atoms. The van der Waals surface area contributed by atoms with Gasteiger partial charge in [-0.3, -0.25) is 4.98 Å². The van der Waals surface area contributed by atoms with Crippen molar-refractivity contribution in [1.82, 2.24) is 20.1 Å². The SMILES string of the molecule is CN(C)CCNC(CCN(C)C)c1ccccn1. The molecule has 1 aromatic heterocycles. The van der Waals surface area contributed by atoms with Crippen LogP contribution in [0.2, 0.25) is 0 Å². The number of rotatable bonds is 8. The van der Waals surface area contributed by atoms with Gasteiger partial charge in [-0.25, -0.2) is 0 Å². The van der Waals surface area contributed by atoms with Crippen LogP contribution in [-0.2, 0) is 0 Å². The number of aromatic nitrogens is 1. The fourth-order valence-corrected chi connectivity index (χ4v) is 1.79. The van der Waals surface area contributed by atoms with Crippen LogP contribution in [0.3, 0.4) is 0 Å². The minimum atomic E-state index is 0.341. The van der Waals surface area contributed by atoms with E-state index in [1.54, 1.807) is 0 Å². The third-order valence-electron chi connectivity index (χ3n) is 2.86. The maximum Gasteiger partial charge on any atom is 0.0573 e. The molecule has 0 aromatic carbocycles. The lowest BCUT2D eigenvalue weighted by atomic mass is 10.1. The minimum absolute atomic E-state index is 0.341. The zero-order valence-corrected chi connectivity index (χ0v) is 12.1. The Kier molecular flexibility index (Phi) is 6.86. The van der Waals surface area contributed by atoms with Gasteiger partial charge in [-0.1, -0.05) is 6.07 Å². The summed E-state index contributed by atoms with van der Waals surface area (Å²) in [5, 5.41) is 3.59. The lowest BCUT2D eigenvalue weighted by Crippen LogP contribution is -2.32. The number of nitrogens with zero attached hydrogens (tertiary/aromatic N) is 3. The van der Waals surface area contributed by atoms with Gasteiger partial charge < -0.3 is 15.1 Å². The average Bonchev–Trinajstić information content (AvgIpc) is 2.34. The Bertz CT molecular complexity index is 311. The van der Waals surface area contributed by atoms with E-state index in [-0.39, 0.29) is 0 Å². The molecule has 1 heterocycles. The molecule has 0 aliphatic rings. The summed E-state index contributed by atoms with van der Waals surface area (Å²) in [5.74, 6) is 0. The molecule has 1 aromatic rings. The Morgan fingerprint density at radius 1 is 1.11 bits per heavy atom. The normalized spacial score (nSPS) is 13.2. The van der Waals surface area contributed by atoms with Gasteiger partial charge in [0.2, 0.25) is 0 Å². The van der Waals surface area contributed by atoms with Crippen molar-refractivity contribution in [3.63, 3.8) is 0 Å². The first-order valence-electron chi connectivity index (χ1n) is 6.53. The molecule has 0 saturated carbocycles. The van der Waals surface area contributed by atoms with Gasteiger partial charge in [-0.15, -0.1) is 0 Å². The van der Waals surface area contributed by atoms with Crippen LogP contribution in [0.25, 0.3) is 0 Å². The van der Waals surface area contributed by atoms with Crippen molar-refractivity contribution in [2.75, 3.05) is 47.8 Å². The quantitative estimate of drug-likeness (QED) is 0.752. The molecule has 4 heteroatoms. The Morgan fingerprint density at radius 2 is 1.83 bits per heavy atom. The fraction of sp³-hybridized carbons (Fsp3) is 0.643. The summed E-state index contributed by atoms with van der Waals surface area (Å²) in [7, 11) is 8.40. The Labute approximate surface area is 111 Å². The Morgan fingerprint density at radius 3 is 2.39 bits per heavy atom. The molecule has 0 aliphatic heterocycles. The number of likely N-dealkylation sites (N-methyl/N-ethyl adjacent to an activating group) is 1. The van der Waals surface area contributed by atoms with Crippen LogP contribution >= 0.6 is 0 Å². The molecule has 4 nitrogen and oxygen atoms in total. The van der Waals surface area contributed by atoms with E-state index in [4.69, 9.17) is 0 Å². The molecule has 0 fully saturated rings. The van der Waals surface area contributed by atoms with Crippen molar-refractivity contribution in [2.45, 2.75) is 12.5 Å². The Hall–Kier alpha value is -0.970. The van der Waals surface area contributed by atoms with Gasteiger partial charge in [0.1, 0.15) is 0 Å². The highest BCUT2D eigenvalue weighted by Gasteiger charge is 2.12. The predicted molar refractivity (Wildman–Crippen MR) is 76.7 cm³/mol. The molecule has 1 N–H and O–H groups in total. The van der Waals surface area contributed by atoms with Gasteiger partial charge in [0.25, 0.3) is 0 Å².